The van der Waals surface area contributed by atoms with Crippen molar-refractivity contribution in [1.29, 1.82) is 0 Å². The van der Waals surface area contributed by atoms with E-state index in [1.807, 2.05) is 36.9 Å². The Hall–Kier alpha value is -1.39. The lowest BCUT2D eigenvalue weighted by Crippen LogP contribution is -2.39. The van der Waals surface area contributed by atoms with E-state index in [-0.39, 0.29) is 5.91 Å². The number of carbonyl (C=O) groups excluding carboxylic acids is 1. The Morgan fingerprint density at radius 2 is 2.11 bits per heavy atom. The minimum absolute atomic E-state index is 0.0258. The van der Waals surface area contributed by atoms with E-state index < -0.39 is 0 Å². The van der Waals surface area contributed by atoms with Crippen LogP contribution in [0.15, 0.2) is 18.2 Å². The fourth-order valence-electron chi connectivity index (χ4n) is 2.17. The maximum atomic E-state index is 12.0. The molecule has 0 atom stereocenters. The summed E-state index contributed by atoms with van der Waals surface area (Å²) in [7, 11) is 0. The first kappa shape index (κ1) is 13.1. The van der Waals surface area contributed by atoms with Gasteiger partial charge in [0.1, 0.15) is 0 Å². The number of hydrogen-bond acceptors (Lipinski definition) is 3. The largest absolute Gasteiger partial charge is 0.366 e. The fraction of sp³-hybridized carbons (Fsp3) is 0.500. The van der Waals surface area contributed by atoms with Gasteiger partial charge in [-0.15, -0.1) is 0 Å². The summed E-state index contributed by atoms with van der Waals surface area (Å²) in [5, 5.41) is 2.99. The molecule has 1 amide bonds. The fourth-order valence-corrected chi connectivity index (χ4v) is 2.17. The van der Waals surface area contributed by atoms with Crippen LogP contribution in [0.25, 0.3) is 0 Å². The number of ether oxygens (including phenoxy) is 1. The molecule has 2 rings (SSSR count). The molecule has 18 heavy (non-hydrogen) atoms. The summed E-state index contributed by atoms with van der Waals surface area (Å²) in [6.45, 7) is 6.70. The first-order valence-electron chi connectivity index (χ1n) is 6.33. The number of benzene rings is 1. The van der Waals surface area contributed by atoms with Crippen LogP contribution < -0.4 is 5.32 Å². The Morgan fingerprint density at radius 3 is 2.72 bits per heavy atom. The normalized spacial score (nSPS) is 16.6. The summed E-state index contributed by atoms with van der Waals surface area (Å²) >= 11 is 0. The Balaban J connectivity index is 1.94. The van der Waals surface area contributed by atoms with Gasteiger partial charge >= 0.3 is 0 Å². The van der Waals surface area contributed by atoms with Crippen molar-refractivity contribution in [3.63, 3.8) is 0 Å². The van der Waals surface area contributed by atoms with Crippen molar-refractivity contribution in [2.75, 3.05) is 31.7 Å². The van der Waals surface area contributed by atoms with Crippen LogP contribution in [-0.4, -0.2) is 37.2 Å². The topological polar surface area (TPSA) is 41.6 Å². The van der Waals surface area contributed by atoms with Gasteiger partial charge in [-0.25, -0.2) is 0 Å². The molecule has 0 aromatic heterocycles. The highest BCUT2D eigenvalue weighted by molar-refractivity contribution is 5.93. The summed E-state index contributed by atoms with van der Waals surface area (Å²) in [5.41, 5.74) is 3.12. The summed E-state index contributed by atoms with van der Waals surface area (Å²) in [6, 6.07) is 6.01. The first-order valence-corrected chi connectivity index (χ1v) is 6.33. The lowest BCUT2D eigenvalue weighted by Gasteiger charge is -2.26. The number of hydrogen-bond donors (Lipinski definition) is 1. The van der Waals surface area contributed by atoms with E-state index in [9.17, 15) is 4.79 Å². The highest BCUT2D eigenvalue weighted by Gasteiger charge is 2.15. The zero-order chi connectivity index (χ0) is 13.0. The molecule has 0 saturated carbocycles. The lowest BCUT2D eigenvalue weighted by atomic mass is 10.1. The molecule has 1 aromatic carbocycles. The van der Waals surface area contributed by atoms with E-state index in [0.717, 1.165) is 36.4 Å². The highest BCUT2D eigenvalue weighted by Crippen LogP contribution is 2.19. The van der Waals surface area contributed by atoms with Crippen molar-refractivity contribution in [2.24, 2.45) is 0 Å². The second kappa shape index (κ2) is 5.98. The number of anilines is 1. The van der Waals surface area contributed by atoms with Crippen molar-refractivity contribution in [3.05, 3.63) is 29.3 Å². The monoisotopic (exact) mass is 248 g/mol. The Labute approximate surface area is 108 Å². The molecular weight excluding hydrogens is 228 g/mol. The van der Waals surface area contributed by atoms with Gasteiger partial charge < -0.3 is 10.1 Å². The van der Waals surface area contributed by atoms with Gasteiger partial charge in [0.25, 0.3) is 0 Å². The summed E-state index contributed by atoms with van der Waals surface area (Å²) in [6.07, 6.45) is 0.997. The van der Waals surface area contributed by atoms with Gasteiger partial charge in [0, 0.05) is 18.8 Å². The Morgan fingerprint density at radius 1 is 1.39 bits per heavy atom. The van der Waals surface area contributed by atoms with E-state index in [1.165, 1.54) is 0 Å². The molecule has 1 heterocycles. The lowest BCUT2D eigenvalue weighted by molar-refractivity contribution is -0.120. The van der Waals surface area contributed by atoms with Gasteiger partial charge in [-0.3, -0.25) is 9.69 Å². The molecule has 1 aromatic rings. The molecule has 4 heteroatoms. The maximum Gasteiger partial charge on any atom is 0.238 e. The smallest absolute Gasteiger partial charge is 0.238 e. The second-order valence-electron chi connectivity index (χ2n) is 4.76. The third-order valence-electron chi connectivity index (χ3n) is 3.15. The van der Waals surface area contributed by atoms with Crippen molar-refractivity contribution < 1.29 is 9.53 Å². The predicted molar refractivity (Wildman–Crippen MR) is 71.6 cm³/mol. The van der Waals surface area contributed by atoms with Crippen molar-refractivity contribution in [2.45, 2.75) is 20.3 Å². The molecule has 1 aliphatic rings. The number of aryl methyl sites for hydroxylation is 2. The molecule has 98 valence electrons. The maximum absolute atomic E-state index is 12.0. The molecule has 1 saturated heterocycles. The van der Waals surface area contributed by atoms with Crippen molar-refractivity contribution in [3.8, 4) is 0 Å². The first-order chi connectivity index (χ1) is 8.66. The van der Waals surface area contributed by atoms with Crippen LogP contribution in [0.2, 0.25) is 0 Å². The van der Waals surface area contributed by atoms with E-state index >= 15 is 0 Å². The van der Waals surface area contributed by atoms with E-state index in [1.54, 1.807) is 0 Å². The van der Waals surface area contributed by atoms with Gasteiger partial charge in [0.2, 0.25) is 5.91 Å². The molecule has 0 bridgehead atoms. The van der Waals surface area contributed by atoms with Gasteiger partial charge in [0.15, 0.2) is 0 Å². The molecule has 1 fully saturated rings. The molecule has 0 radical (unpaired) electrons. The molecule has 1 aliphatic heterocycles. The minimum Gasteiger partial charge on any atom is -0.366 e. The average molecular weight is 248 g/mol. The van der Waals surface area contributed by atoms with Gasteiger partial charge in [0.05, 0.1) is 13.3 Å². The van der Waals surface area contributed by atoms with E-state index in [4.69, 9.17) is 4.74 Å². The van der Waals surface area contributed by atoms with Crippen LogP contribution in [0.3, 0.4) is 0 Å². The molecule has 0 aliphatic carbocycles. The summed E-state index contributed by atoms with van der Waals surface area (Å²) in [4.78, 5) is 14.0. The van der Waals surface area contributed by atoms with Gasteiger partial charge in [-0.05, 0) is 31.4 Å². The van der Waals surface area contributed by atoms with Gasteiger partial charge in [-0.1, -0.05) is 18.2 Å². The average Bonchev–Trinajstić information content (AvgIpc) is 2.35. The molecule has 0 spiro atoms. The number of para-hydroxylation sites is 1. The standard InChI is InChI=1S/C14H20N2O2/c1-11-5-3-6-12(2)14(11)15-13(17)9-16-7-4-8-18-10-16/h3,5-6H,4,7-10H2,1-2H3,(H,15,17). The number of nitrogens with zero attached hydrogens (tertiary/aromatic N) is 1. The zero-order valence-electron chi connectivity index (χ0n) is 11.0. The molecular formula is C14H20N2O2. The summed E-state index contributed by atoms with van der Waals surface area (Å²) in [5.74, 6) is 0.0258. The van der Waals surface area contributed by atoms with Crippen LogP contribution in [0, 0.1) is 13.8 Å². The number of nitrogens with one attached hydrogen (secondary N) is 1. The Bertz CT molecular complexity index is 406. The van der Waals surface area contributed by atoms with Crippen molar-refractivity contribution in [1.82, 2.24) is 4.90 Å². The van der Waals surface area contributed by atoms with Crippen LogP contribution in [0.4, 0.5) is 5.69 Å². The number of rotatable bonds is 3. The molecule has 4 nitrogen and oxygen atoms in total. The third kappa shape index (κ3) is 3.31. The molecule has 0 unspecified atom stereocenters. The molecule has 1 N–H and O–H groups in total. The van der Waals surface area contributed by atoms with E-state index in [2.05, 4.69) is 5.32 Å². The Kier molecular flexibility index (Phi) is 4.33. The second-order valence-corrected chi connectivity index (χ2v) is 4.76. The van der Waals surface area contributed by atoms with E-state index in [0.29, 0.717) is 13.3 Å². The third-order valence-corrected chi connectivity index (χ3v) is 3.15. The van der Waals surface area contributed by atoms with Gasteiger partial charge in [-0.2, -0.15) is 0 Å². The number of carbonyl (C=O) groups is 1. The number of amides is 1. The summed E-state index contributed by atoms with van der Waals surface area (Å²) < 4.78 is 5.33. The minimum atomic E-state index is 0.0258. The van der Waals surface area contributed by atoms with Crippen LogP contribution >= 0.6 is 0 Å². The van der Waals surface area contributed by atoms with Crippen LogP contribution in [0.5, 0.6) is 0 Å². The quantitative estimate of drug-likeness (QED) is 0.888. The highest BCUT2D eigenvalue weighted by atomic mass is 16.5. The van der Waals surface area contributed by atoms with Crippen molar-refractivity contribution >= 4 is 11.6 Å². The van der Waals surface area contributed by atoms with Crippen LogP contribution in [0.1, 0.15) is 17.5 Å². The predicted octanol–water partition coefficient (Wildman–Crippen LogP) is 1.92. The zero-order valence-corrected chi connectivity index (χ0v) is 11.0. The van der Waals surface area contributed by atoms with Crippen LogP contribution in [-0.2, 0) is 9.53 Å². The SMILES string of the molecule is Cc1cccc(C)c1NC(=O)CN1CCCOC1.